The average Bonchev–Trinajstić information content (AvgIpc) is 3.53. The monoisotopic (exact) mass is 719 g/mol. The van der Waals surface area contributed by atoms with Crippen LogP contribution in [-0.2, 0) is 19.7 Å². The van der Waals surface area contributed by atoms with Crippen molar-refractivity contribution in [3.05, 3.63) is 138 Å². The fourth-order valence-corrected chi connectivity index (χ4v) is 8.86. The Labute approximate surface area is 316 Å². The van der Waals surface area contributed by atoms with Crippen LogP contribution < -0.4 is 10.6 Å². The molecule has 0 bridgehead atoms. The molecule has 52 heavy (non-hydrogen) atoms. The molecule has 6 nitrogen and oxygen atoms in total. The molecular weight excluding hydrogens is 663 g/mol. The summed E-state index contributed by atoms with van der Waals surface area (Å²) in [5.74, 6) is 0.0131. The topological polar surface area (TPSA) is 70.7 Å². The summed E-state index contributed by atoms with van der Waals surface area (Å²) in [5, 5.41) is 6.86. The minimum Gasteiger partial charge on any atom is -0.444 e. The summed E-state index contributed by atoms with van der Waals surface area (Å²) in [6.07, 6.45) is 1.25. The number of thioether (sulfide) groups is 1. The standard InChI is InChI=1S/C45H57N3O3S/c1-9-32(2)40(41(49)47-37-27-25-33(26-28-37)43(3,4)5)46-30-38-29-39(31-48(38)42(50)51-44(6,7)8)52-45(34-19-13-10-14-20-34,35-21-15-11-16-22-35)36-23-17-12-18-24-36/h10-28,32,38-40,46H,9,29-31H2,1-8H3,(H,47,49)/t32?,38?,39?,40-/m0/s1. The van der Waals surface area contributed by atoms with E-state index in [1.807, 2.05) is 49.6 Å². The van der Waals surface area contributed by atoms with Crippen molar-refractivity contribution in [1.29, 1.82) is 0 Å². The first-order chi connectivity index (χ1) is 24.7. The highest BCUT2D eigenvalue weighted by Gasteiger charge is 2.45. The number of benzene rings is 4. The summed E-state index contributed by atoms with van der Waals surface area (Å²) in [4.78, 5) is 29.6. The molecule has 1 saturated heterocycles. The van der Waals surface area contributed by atoms with Gasteiger partial charge in [0.1, 0.15) is 5.60 Å². The van der Waals surface area contributed by atoms with Gasteiger partial charge in [0.2, 0.25) is 5.91 Å². The third-order valence-corrected chi connectivity index (χ3v) is 11.7. The van der Waals surface area contributed by atoms with E-state index >= 15 is 0 Å². The zero-order valence-electron chi connectivity index (χ0n) is 32.2. The molecule has 2 N–H and O–H groups in total. The van der Waals surface area contributed by atoms with Gasteiger partial charge in [-0.05, 0) is 72.9 Å². The number of carbonyl (C=O) groups is 2. The van der Waals surface area contributed by atoms with Gasteiger partial charge in [-0.25, -0.2) is 4.79 Å². The van der Waals surface area contributed by atoms with Crippen molar-refractivity contribution in [3.63, 3.8) is 0 Å². The average molecular weight is 720 g/mol. The molecule has 4 aromatic rings. The molecule has 3 unspecified atom stereocenters. The fourth-order valence-electron chi connectivity index (χ4n) is 6.99. The van der Waals surface area contributed by atoms with Crippen molar-refractivity contribution >= 4 is 29.4 Å². The zero-order valence-corrected chi connectivity index (χ0v) is 33.0. The van der Waals surface area contributed by atoms with E-state index in [4.69, 9.17) is 4.74 Å². The van der Waals surface area contributed by atoms with E-state index in [1.54, 1.807) is 0 Å². The number of carbonyl (C=O) groups excluding carboxylic acids is 2. The van der Waals surface area contributed by atoms with Gasteiger partial charge in [-0.3, -0.25) is 4.79 Å². The van der Waals surface area contributed by atoms with Crippen LogP contribution in [0.3, 0.4) is 0 Å². The molecule has 7 heteroatoms. The molecule has 2 amide bonds. The number of rotatable bonds is 12. The van der Waals surface area contributed by atoms with Crippen molar-refractivity contribution < 1.29 is 14.3 Å². The molecular formula is C45H57N3O3S. The van der Waals surface area contributed by atoms with E-state index in [0.717, 1.165) is 18.5 Å². The Morgan fingerprint density at radius 3 is 1.71 bits per heavy atom. The smallest absolute Gasteiger partial charge is 0.410 e. The predicted octanol–water partition coefficient (Wildman–Crippen LogP) is 10.0. The number of ether oxygens (including phenoxy) is 1. The summed E-state index contributed by atoms with van der Waals surface area (Å²) < 4.78 is 5.47. The number of hydrogen-bond acceptors (Lipinski definition) is 5. The van der Waals surface area contributed by atoms with Gasteiger partial charge in [-0.15, -0.1) is 11.8 Å². The second kappa shape index (κ2) is 16.7. The molecule has 1 heterocycles. The molecule has 0 spiro atoms. The second-order valence-electron chi connectivity index (χ2n) is 16.1. The normalized spacial score (nSPS) is 17.7. The summed E-state index contributed by atoms with van der Waals surface area (Å²) in [5.41, 5.74) is 4.95. The molecule has 4 atom stereocenters. The summed E-state index contributed by atoms with van der Waals surface area (Å²) in [6.45, 7) is 17.5. The van der Waals surface area contributed by atoms with E-state index in [9.17, 15) is 9.59 Å². The molecule has 5 rings (SSSR count). The van der Waals surface area contributed by atoms with Crippen LogP contribution in [0.2, 0.25) is 0 Å². The van der Waals surface area contributed by atoms with E-state index < -0.39 is 16.4 Å². The zero-order chi connectivity index (χ0) is 37.5. The Morgan fingerprint density at radius 2 is 1.27 bits per heavy atom. The lowest BCUT2D eigenvalue weighted by Gasteiger charge is -2.37. The third kappa shape index (κ3) is 9.47. The van der Waals surface area contributed by atoms with Crippen LogP contribution in [-0.4, -0.2) is 52.9 Å². The van der Waals surface area contributed by atoms with Crippen molar-refractivity contribution in [3.8, 4) is 0 Å². The van der Waals surface area contributed by atoms with E-state index in [-0.39, 0.29) is 34.6 Å². The molecule has 4 aromatic carbocycles. The van der Waals surface area contributed by atoms with Crippen molar-refractivity contribution in [2.75, 3.05) is 18.4 Å². The minimum absolute atomic E-state index is 0.0315. The Morgan fingerprint density at radius 1 is 0.769 bits per heavy atom. The Balaban J connectivity index is 1.44. The quantitative estimate of drug-likeness (QED) is 0.143. The number of anilines is 1. The van der Waals surface area contributed by atoms with Crippen LogP contribution >= 0.6 is 11.8 Å². The van der Waals surface area contributed by atoms with Gasteiger partial charge in [0, 0.05) is 30.1 Å². The lowest BCUT2D eigenvalue weighted by Crippen LogP contribution is -2.51. The van der Waals surface area contributed by atoms with Crippen LogP contribution in [0.15, 0.2) is 115 Å². The second-order valence-corrected chi connectivity index (χ2v) is 17.6. The van der Waals surface area contributed by atoms with Gasteiger partial charge in [0.15, 0.2) is 0 Å². The molecule has 0 radical (unpaired) electrons. The SMILES string of the molecule is CCC(C)[C@H](NCC1CC(SC(c2ccccc2)(c2ccccc2)c2ccccc2)CN1C(=O)OC(C)(C)C)C(=O)Nc1ccc(C(C)(C)C)cc1. The van der Waals surface area contributed by atoms with Crippen LogP contribution in [0.5, 0.6) is 0 Å². The van der Waals surface area contributed by atoms with Gasteiger partial charge < -0.3 is 20.3 Å². The number of likely N-dealkylation sites (tertiary alicyclic amines) is 1. The molecule has 0 aromatic heterocycles. The molecule has 1 aliphatic heterocycles. The van der Waals surface area contributed by atoms with Crippen LogP contribution in [0, 0.1) is 5.92 Å². The van der Waals surface area contributed by atoms with Crippen molar-refractivity contribution in [2.24, 2.45) is 5.92 Å². The van der Waals surface area contributed by atoms with Crippen molar-refractivity contribution in [2.45, 2.75) is 101 Å². The maximum absolute atomic E-state index is 13.9. The number of amides is 2. The molecule has 1 fully saturated rings. The maximum Gasteiger partial charge on any atom is 0.410 e. The highest BCUT2D eigenvalue weighted by Crippen LogP contribution is 2.52. The van der Waals surface area contributed by atoms with Gasteiger partial charge >= 0.3 is 6.09 Å². The van der Waals surface area contributed by atoms with Gasteiger partial charge in [0.05, 0.1) is 10.8 Å². The number of nitrogens with one attached hydrogen (secondary N) is 2. The van der Waals surface area contributed by atoms with E-state index in [1.165, 1.54) is 22.3 Å². The third-order valence-electron chi connectivity index (χ3n) is 9.98. The summed E-state index contributed by atoms with van der Waals surface area (Å²) >= 11 is 1.90. The number of hydrogen-bond donors (Lipinski definition) is 2. The Kier molecular flexibility index (Phi) is 12.6. The number of nitrogens with zero attached hydrogens (tertiary/aromatic N) is 1. The molecule has 276 valence electrons. The summed E-state index contributed by atoms with van der Waals surface area (Å²) in [6, 6.07) is 39.5. The summed E-state index contributed by atoms with van der Waals surface area (Å²) in [7, 11) is 0. The van der Waals surface area contributed by atoms with Gasteiger partial charge in [-0.1, -0.05) is 144 Å². The lowest BCUT2D eigenvalue weighted by atomic mass is 9.84. The van der Waals surface area contributed by atoms with Crippen LogP contribution in [0.4, 0.5) is 10.5 Å². The maximum atomic E-state index is 13.9. The largest absolute Gasteiger partial charge is 0.444 e. The van der Waals surface area contributed by atoms with E-state index in [0.29, 0.717) is 13.1 Å². The van der Waals surface area contributed by atoms with Crippen LogP contribution in [0.1, 0.15) is 90.5 Å². The molecule has 0 aliphatic carbocycles. The van der Waals surface area contributed by atoms with Gasteiger partial charge in [0.25, 0.3) is 0 Å². The molecule has 0 saturated carbocycles. The van der Waals surface area contributed by atoms with Crippen LogP contribution in [0.25, 0.3) is 0 Å². The first kappa shape index (κ1) is 39.1. The Bertz CT molecular complexity index is 1640. The molecule has 1 aliphatic rings. The van der Waals surface area contributed by atoms with Gasteiger partial charge in [-0.2, -0.15) is 0 Å². The highest BCUT2D eigenvalue weighted by molar-refractivity contribution is 8.01. The first-order valence-corrected chi connectivity index (χ1v) is 19.6. The fraction of sp³-hybridized carbons (Fsp3) is 0.422. The minimum atomic E-state index is -0.635. The Hall–Kier alpha value is -4.07. The van der Waals surface area contributed by atoms with Crippen molar-refractivity contribution in [1.82, 2.24) is 10.2 Å². The predicted molar refractivity (Wildman–Crippen MR) is 217 cm³/mol. The highest BCUT2D eigenvalue weighted by atomic mass is 32.2. The van der Waals surface area contributed by atoms with E-state index in [2.05, 4.69) is 148 Å². The first-order valence-electron chi connectivity index (χ1n) is 18.7. The lowest BCUT2D eigenvalue weighted by molar-refractivity contribution is -0.119.